The highest BCUT2D eigenvalue weighted by molar-refractivity contribution is 5.96. The van der Waals surface area contributed by atoms with E-state index in [1.165, 1.54) is 0 Å². The standard InChI is InChI=1S/C19H30N4O/c1-2-22-10-12-23(13-11-22)18-9-4-3-8-17(18)21-19(24)15-6-5-7-16(20)14-15/h3-4,8-9,15-16H,2,5-7,10-14,20H2,1H3,(H,21,24). The Kier molecular flexibility index (Phi) is 5.74. The van der Waals surface area contributed by atoms with Crippen molar-refractivity contribution in [2.75, 3.05) is 42.9 Å². The van der Waals surface area contributed by atoms with E-state index in [2.05, 4.69) is 28.1 Å². The molecule has 2 fully saturated rings. The number of carbonyl (C=O) groups excluding carboxylic acids is 1. The summed E-state index contributed by atoms with van der Waals surface area (Å²) in [5.41, 5.74) is 8.11. The van der Waals surface area contributed by atoms with Crippen LogP contribution in [0.5, 0.6) is 0 Å². The van der Waals surface area contributed by atoms with Gasteiger partial charge in [0, 0.05) is 38.1 Å². The molecule has 2 atom stereocenters. The summed E-state index contributed by atoms with van der Waals surface area (Å²) in [6.45, 7) is 7.49. The lowest BCUT2D eigenvalue weighted by molar-refractivity contribution is -0.120. The molecule has 5 heteroatoms. The Morgan fingerprint density at radius 2 is 1.96 bits per heavy atom. The number of nitrogens with one attached hydrogen (secondary N) is 1. The molecular weight excluding hydrogens is 300 g/mol. The summed E-state index contributed by atoms with van der Waals surface area (Å²) in [5.74, 6) is 0.184. The number of benzene rings is 1. The van der Waals surface area contributed by atoms with Crippen LogP contribution in [0.25, 0.3) is 0 Å². The van der Waals surface area contributed by atoms with Crippen molar-refractivity contribution in [2.24, 2.45) is 11.7 Å². The Morgan fingerprint density at radius 1 is 1.21 bits per heavy atom. The molecular formula is C19H30N4O. The van der Waals surface area contributed by atoms with Crippen molar-refractivity contribution in [1.29, 1.82) is 0 Å². The number of nitrogens with two attached hydrogens (primary N) is 1. The Morgan fingerprint density at radius 3 is 2.67 bits per heavy atom. The molecule has 1 heterocycles. The molecule has 24 heavy (non-hydrogen) atoms. The zero-order valence-electron chi connectivity index (χ0n) is 14.7. The summed E-state index contributed by atoms with van der Waals surface area (Å²) >= 11 is 0. The first kappa shape index (κ1) is 17.2. The van der Waals surface area contributed by atoms with Gasteiger partial charge in [0.1, 0.15) is 0 Å². The highest BCUT2D eigenvalue weighted by Gasteiger charge is 2.26. The summed E-state index contributed by atoms with van der Waals surface area (Å²) in [7, 11) is 0. The molecule has 2 unspecified atom stereocenters. The monoisotopic (exact) mass is 330 g/mol. The van der Waals surface area contributed by atoms with Gasteiger partial charge in [0.25, 0.3) is 0 Å². The second-order valence-electron chi connectivity index (χ2n) is 7.05. The molecule has 1 aliphatic heterocycles. The molecule has 1 saturated carbocycles. The Hall–Kier alpha value is -1.59. The van der Waals surface area contributed by atoms with Gasteiger partial charge in [0.15, 0.2) is 0 Å². The third-order valence-electron chi connectivity index (χ3n) is 5.41. The van der Waals surface area contributed by atoms with Crippen LogP contribution in [0.15, 0.2) is 24.3 Å². The fourth-order valence-corrected chi connectivity index (χ4v) is 3.86. The van der Waals surface area contributed by atoms with Crippen molar-refractivity contribution in [3.8, 4) is 0 Å². The number of rotatable bonds is 4. The van der Waals surface area contributed by atoms with Crippen LogP contribution in [0.4, 0.5) is 11.4 Å². The van der Waals surface area contributed by atoms with Gasteiger partial charge >= 0.3 is 0 Å². The first-order chi connectivity index (χ1) is 11.7. The highest BCUT2D eigenvalue weighted by atomic mass is 16.1. The van der Waals surface area contributed by atoms with Gasteiger partial charge in [-0.3, -0.25) is 4.79 Å². The number of piperazine rings is 1. The number of hydrogen-bond donors (Lipinski definition) is 2. The largest absolute Gasteiger partial charge is 0.367 e. The van der Waals surface area contributed by atoms with Crippen molar-refractivity contribution in [3.63, 3.8) is 0 Å². The van der Waals surface area contributed by atoms with Crippen LogP contribution in [0.3, 0.4) is 0 Å². The quantitative estimate of drug-likeness (QED) is 0.889. The van der Waals surface area contributed by atoms with Crippen LogP contribution in [0.2, 0.25) is 0 Å². The van der Waals surface area contributed by atoms with E-state index in [0.717, 1.165) is 69.8 Å². The van der Waals surface area contributed by atoms with Gasteiger partial charge in [-0.25, -0.2) is 0 Å². The number of likely N-dealkylation sites (N-methyl/N-ethyl adjacent to an activating group) is 1. The second-order valence-corrected chi connectivity index (χ2v) is 7.05. The zero-order valence-corrected chi connectivity index (χ0v) is 14.7. The van der Waals surface area contributed by atoms with E-state index in [-0.39, 0.29) is 17.9 Å². The summed E-state index contributed by atoms with van der Waals surface area (Å²) in [6.07, 6.45) is 3.86. The van der Waals surface area contributed by atoms with E-state index < -0.39 is 0 Å². The molecule has 0 aromatic heterocycles. The first-order valence-electron chi connectivity index (χ1n) is 9.30. The third kappa shape index (κ3) is 4.08. The number of nitrogens with zero attached hydrogens (tertiary/aromatic N) is 2. The second kappa shape index (κ2) is 7.99. The van der Waals surface area contributed by atoms with Crippen molar-refractivity contribution in [2.45, 2.75) is 38.6 Å². The van der Waals surface area contributed by atoms with Crippen LogP contribution < -0.4 is 16.0 Å². The number of carbonyl (C=O) groups is 1. The molecule has 2 aliphatic rings. The van der Waals surface area contributed by atoms with Crippen LogP contribution in [0.1, 0.15) is 32.6 Å². The minimum Gasteiger partial charge on any atom is -0.367 e. The average molecular weight is 330 g/mol. The summed E-state index contributed by atoms with van der Waals surface area (Å²) in [4.78, 5) is 17.5. The van der Waals surface area contributed by atoms with E-state index in [1.54, 1.807) is 0 Å². The zero-order chi connectivity index (χ0) is 16.9. The third-order valence-corrected chi connectivity index (χ3v) is 5.41. The molecule has 0 bridgehead atoms. The van der Waals surface area contributed by atoms with Crippen LogP contribution in [-0.2, 0) is 4.79 Å². The van der Waals surface area contributed by atoms with Crippen LogP contribution >= 0.6 is 0 Å². The minimum absolute atomic E-state index is 0.0544. The van der Waals surface area contributed by atoms with E-state index in [4.69, 9.17) is 5.73 Å². The molecule has 0 spiro atoms. The highest BCUT2D eigenvalue weighted by Crippen LogP contribution is 2.29. The Labute approximate surface area is 145 Å². The van der Waals surface area contributed by atoms with Gasteiger partial charge in [0.2, 0.25) is 5.91 Å². The van der Waals surface area contributed by atoms with Gasteiger partial charge in [-0.05, 0) is 37.9 Å². The van der Waals surface area contributed by atoms with Crippen LogP contribution in [0, 0.1) is 5.92 Å². The van der Waals surface area contributed by atoms with Crippen molar-refractivity contribution >= 4 is 17.3 Å². The van der Waals surface area contributed by atoms with E-state index in [0.29, 0.717) is 0 Å². The normalized spacial score (nSPS) is 25.5. The summed E-state index contributed by atoms with van der Waals surface area (Å²) in [5, 5.41) is 3.17. The van der Waals surface area contributed by atoms with Gasteiger partial charge in [-0.2, -0.15) is 0 Å². The number of hydrogen-bond acceptors (Lipinski definition) is 4. The fraction of sp³-hybridized carbons (Fsp3) is 0.632. The van der Waals surface area contributed by atoms with Crippen molar-refractivity contribution in [3.05, 3.63) is 24.3 Å². The van der Waals surface area contributed by atoms with E-state index in [9.17, 15) is 4.79 Å². The predicted octanol–water partition coefficient (Wildman–Crippen LogP) is 2.28. The molecule has 1 aromatic carbocycles. The number of anilines is 2. The molecule has 1 amide bonds. The summed E-state index contributed by atoms with van der Waals surface area (Å²) < 4.78 is 0. The maximum atomic E-state index is 12.7. The summed E-state index contributed by atoms with van der Waals surface area (Å²) in [6, 6.07) is 8.35. The smallest absolute Gasteiger partial charge is 0.227 e. The number of para-hydroxylation sites is 2. The Bertz CT molecular complexity index is 554. The SMILES string of the molecule is CCN1CCN(c2ccccc2NC(=O)C2CCCC(N)C2)CC1. The lowest BCUT2D eigenvalue weighted by Crippen LogP contribution is -2.46. The molecule has 0 radical (unpaired) electrons. The van der Waals surface area contributed by atoms with Crippen molar-refractivity contribution < 1.29 is 4.79 Å². The lowest BCUT2D eigenvalue weighted by atomic mass is 9.85. The van der Waals surface area contributed by atoms with Gasteiger partial charge in [-0.1, -0.05) is 25.5 Å². The molecule has 3 N–H and O–H groups in total. The van der Waals surface area contributed by atoms with Crippen LogP contribution in [-0.4, -0.2) is 49.6 Å². The average Bonchev–Trinajstić information content (AvgIpc) is 2.62. The molecule has 1 saturated heterocycles. The molecule has 1 aliphatic carbocycles. The maximum Gasteiger partial charge on any atom is 0.227 e. The Balaban J connectivity index is 1.67. The first-order valence-corrected chi connectivity index (χ1v) is 9.30. The van der Waals surface area contributed by atoms with E-state index in [1.807, 2.05) is 18.2 Å². The van der Waals surface area contributed by atoms with Gasteiger partial charge in [-0.15, -0.1) is 0 Å². The minimum atomic E-state index is 0.0544. The van der Waals surface area contributed by atoms with Gasteiger partial charge < -0.3 is 20.9 Å². The fourth-order valence-electron chi connectivity index (χ4n) is 3.86. The molecule has 5 nitrogen and oxygen atoms in total. The molecule has 3 rings (SSSR count). The van der Waals surface area contributed by atoms with E-state index >= 15 is 0 Å². The lowest BCUT2D eigenvalue weighted by Gasteiger charge is -2.36. The predicted molar refractivity (Wildman–Crippen MR) is 99.3 cm³/mol. The van der Waals surface area contributed by atoms with Gasteiger partial charge in [0.05, 0.1) is 11.4 Å². The molecule has 1 aromatic rings. The molecule has 132 valence electrons. The van der Waals surface area contributed by atoms with Crippen molar-refractivity contribution in [1.82, 2.24) is 4.90 Å². The topological polar surface area (TPSA) is 61.6 Å². The maximum absolute atomic E-state index is 12.7. The number of amides is 1.